The summed E-state index contributed by atoms with van der Waals surface area (Å²) < 4.78 is 0. The first-order valence-corrected chi connectivity index (χ1v) is 5.56. The minimum Gasteiger partial charge on any atom is -0.395 e. The second kappa shape index (κ2) is 5.30. The first-order chi connectivity index (χ1) is 6.24. The van der Waals surface area contributed by atoms with Gasteiger partial charge in [0.05, 0.1) is 6.61 Å². The predicted molar refractivity (Wildman–Crippen MR) is 59.0 cm³/mol. The molecule has 72 valence electrons. The molecule has 1 atom stereocenters. The number of hydrogen-bond donors (Lipinski definition) is 1. The Morgan fingerprint density at radius 3 is 2.69 bits per heavy atom. The largest absolute Gasteiger partial charge is 0.395 e. The van der Waals surface area contributed by atoms with E-state index in [1.54, 1.807) is 11.8 Å². The number of aliphatic hydroxyl groups excluding tert-OH is 1. The Morgan fingerprint density at radius 1 is 1.38 bits per heavy atom. The molecule has 1 nitrogen and oxygen atoms in total. The van der Waals surface area contributed by atoms with Crippen molar-refractivity contribution in [2.24, 2.45) is 0 Å². The predicted octanol–water partition coefficient (Wildman–Crippen LogP) is 2.61. The van der Waals surface area contributed by atoms with E-state index in [-0.39, 0.29) is 6.61 Å². The standard InChI is InChI=1S/C11H16OS/c1-9-5-3-4-6-11(9)8-13-10(2)7-12/h3-6,10,12H,7-8H2,1-2H3. The Balaban J connectivity index is 2.50. The summed E-state index contributed by atoms with van der Waals surface area (Å²) >= 11 is 1.79. The van der Waals surface area contributed by atoms with E-state index in [0.29, 0.717) is 5.25 Å². The molecule has 0 radical (unpaired) electrons. The highest BCUT2D eigenvalue weighted by Crippen LogP contribution is 2.19. The molecule has 0 aliphatic rings. The van der Waals surface area contributed by atoms with Crippen LogP contribution < -0.4 is 0 Å². The van der Waals surface area contributed by atoms with Gasteiger partial charge in [-0.3, -0.25) is 0 Å². The molecule has 0 amide bonds. The van der Waals surface area contributed by atoms with Gasteiger partial charge in [0, 0.05) is 11.0 Å². The lowest BCUT2D eigenvalue weighted by atomic mass is 10.1. The summed E-state index contributed by atoms with van der Waals surface area (Å²) in [5.41, 5.74) is 2.70. The second-order valence-corrected chi connectivity index (χ2v) is 4.66. The summed E-state index contributed by atoms with van der Waals surface area (Å²) in [6.07, 6.45) is 0. The molecule has 0 aromatic heterocycles. The number of hydrogen-bond acceptors (Lipinski definition) is 2. The van der Waals surface area contributed by atoms with E-state index in [1.807, 2.05) is 6.92 Å². The Hall–Kier alpha value is -0.470. The van der Waals surface area contributed by atoms with Gasteiger partial charge in [-0.2, -0.15) is 11.8 Å². The van der Waals surface area contributed by atoms with Gasteiger partial charge >= 0.3 is 0 Å². The summed E-state index contributed by atoms with van der Waals surface area (Å²) in [6.45, 7) is 4.43. The Kier molecular flexibility index (Phi) is 4.33. The minimum atomic E-state index is 0.260. The maximum absolute atomic E-state index is 8.86. The molecule has 1 unspecified atom stereocenters. The van der Waals surface area contributed by atoms with E-state index in [2.05, 4.69) is 31.2 Å². The lowest BCUT2D eigenvalue weighted by molar-refractivity contribution is 0.300. The van der Waals surface area contributed by atoms with Crippen LogP contribution in [-0.2, 0) is 5.75 Å². The van der Waals surface area contributed by atoms with E-state index in [1.165, 1.54) is 11.1 Å². The van der Waals surface area contributed by atoms with Crippen molar-refractivity contribution in [3.05, 3.63) is 35.4 Å². The van der Waals surface area contributed by atoms with Gasteiger partial charge in [-0.15, -0.1) is 0 Å². The molecule has 0 fully saturated rings. The van der Waals surface area contributed by atoms with Crippen LogP contribution in [0.25, 0.3) is 0 Å². The van der Waals surface area contributed by atoms with Crippen molar-refractivity contribution in [1.82, 2.24) is 0 Å². The van der Waals surface area contributed by atoms with Crippen LogP contribution in [0, 0.1) is 6.92 Å². The molecule has 13 heavy (non-hydrogen) atoms. The highest BCUT2D eigenvalue weighted by molar-refractivity contribution is 7.99. The molecule has 0 spiro atoms. The second-order valence-electron chi connectivity index (χ2n) is 3.23. The first-order valence-electron chi connectivity index (χ1n) is 4.51. The average molecular weight is 196 g/mol. The Labute approximate surface area is 84.2 Å². The third kappa shape index (κ3) is 3.41. The zero-order chi connectivity index (χ0) is 9.68. The summed E-state index contributed by atoms with van der Waals surface area (Å²) in [5, 5.41) is 9.19. The fourth-order valence-electron chi connectivity index (χ4n) is 1.06. The van der Waals surface area contributed by atoms with Crippen molar-refractivity contribution in [3.63, 3.8) is 0 Å². The zero-order valence-corrected chi connectivity index (χ0v) is 8.97. The molecule has 0 aliphatic heterocycles. The molecule has 0 heterocycles. The van der Waals surface area contributed by atoms with Gasteiger partial charge in [0.25, 0.3) is 0 Å². The molecular formula is C11H16OS. The van der Waals surface area contributed by atoms with Crippen molar-refractivity contribution in [2.45, 2.75) is 24.9 Å². The summed E-state index contributed by atoms with van der Waals surface area (Å²) in [7, 11) is 0. The highest BCUT2D eigenvalue weighted by atomic mass is 32.2. The van der Waals surface area contributed by atoms with E-state index in [9.17, 15) is 0 Å². The van der Waals surface area contributed by atoms with Gasteiger partial charge in [-0.1, -0.05) is 31.2 Å². The molecule has 1 aromatic carbocycles. The van der Waals surface area contributed by atoms with Crippen LogP contribution in [-0.4, -0.2) is 17.0 Å². The van der Waals surface area contributed by atoms with Gasteiger partial charge < -0.3 is 5.11 Å². The van der Waals surface area contributed by atoms with Crippen LogP contribution in [0.5, 0.6) is 0 Å². The topological polar surface area (TPSA) is 20.2 Å². The minimum absolute atomic E-state index is 0.260. The van der Waals surface area contributed by atoms with Crippen molar-refractivity contribution >= 4 is 11.8 Å². The van der Waals surface area contributed by atoms with Gasteiger partial charge in [0.2, 0.25) is 0 Å². The highest BCUT2D eigenvalue weighted by Gasteiger charge is 2.02. The molecule has 2 heteroatoms. The molecule has 0 bridgehead atoms. The quantitative estimate of drug-likeness (QED) is 0.798. The first kappa shape index (κ1) is 10.6. The number of benzene rings is 1. The van der Waals surface area contributed by atoms with Gasteiger partial charge in [-0.25, -0.2) is 0 Å². The fraction of sp³-hybridized carbons (Fsp3) is 0.455. The Bertz CT molecular complexity index is 260. The number of aliphatic hydroxyl groups is 1. The molecule has 0 saturated carbocycles. The molecule has 1 rings (SSSR count). The van der Waals surface area contributed by atoms with Crippen LogP contribution in [0.3, 0.4) is 0 Å². The number of thioether (sulfide) groups is 1. The lowest BCUT2D eigenvalue weighted by Gasteiger charge is -2.09. The van der Waals surface area contributed by atoms with Crippen LogP contribution >= 0.6 is 11.8 Å². The Morgan fingerprint density at radius 2 is 2.08 bits per heavy atom. The summed E-state index contributed by atoms with van der Waals surface area (Å²) in [6, 6.07) is 8.39. The van der Waals surface area contributed by atoms with Crippen LogP contribution in [0.1, 0.15) is 18.1 Å². The average Bonchev–Trinajstić information content (AvgIpc) is 2.16. The van der Waals surface area contributed by atoms with E-state index in [4.69, 9.17) is 5.11 Å². The summed E-state index contributed by atoms with van der Waals surface area (Å²) in [4.78, 5) is 0. The molecule has 1 N–H and O–H groups in total. The van der Waals surface area contributed by atoms with Crippen molar-refractivity contribution in [3.8, 4) is 0 Å². The SMILES string of the molecule is Cc1ccccc1CSC(C)CO. The molecule has 0 aliphatic carbocycles. The fourth-order valence-corrected chi connectivity index (χ4v) is 1.95. The zero-order valence-electron chi connectivity index (χ0n) is 8.16. The lowest BCUT2D eigenvalue weighted by Crippen LogP contribution is -2.02. The van der Waals surface area contributed by atoms with Crippen LogP contribution in [0.15, 0.2) is 24.3 Å². The van der Waals surface area contributed by atoms with Crippen molar-refractivity contribution in [1.29, 1.82) is 0 Å². The smallest absolute Gasteiger partial charge is 0.0547 e. The van der Waals surface area contributed by atoms with Crippen LogP contribution in [0.4, 0.5) is 0 Å². The maximum Gasteiger partial charge on any atom is 0.0547 e. The maximum atomic E-state index is 8.86. The normalized spacial score (nSPS) is 12.8. The van der Waals surface area contributed by atoms with E-state index in [0.717, 1.165) is 5.75 Å². The third-order valence-corrected chi connectivity index (χ3v) is 3.24. The van der Waals surface area contributed by atoms with Gasteiger partial charge in [-0.05, 0) is 18.1 Å². The van der Waals surface area contributed by atoms with Gasteiger partial charge in [0.1, 0.15) is 0 Å². The molecule has 0 saturated heterocycles. The monoisotopic (exact) mass is 196 g/mol. The molecular weight excluding hydrogens is 180 g/mol. The van der Waals surface area contributed by atoms with Crippen molar-refractivity contribution < 1.29 is 5.11 Å². The van der Waals surface area contributed by atoms with E-state index < -0.39 is 0 Å². The third-order valence-electron chi connectivity index (χ3n) is 2.04. The van der Waals surface area contributed by atoms with Crippen molar-refractivity contribution in [2.75, 3.05) is 6.61 Å². The van der Waals surface area contributed by atoms with E-state index >= 15 is 0 Å². The summed E-state index contributed by atoms with van der Waals surface area (Å²) in [5.74, 6) is 0.994. The number of rotatable bonds is 4. The number of aryl methyl sites for hydroxylation is 1. The molecule has 1 aromatic rings. The van der Waals surface area contributed by atoms with Crippen LogP contribution in [0.2, 0.25) is 0 Å². The van der Waals surface area contributed by atoms with Gasteiger partial charge in [0.15, 0.2) is 0 Å².